The van der Waals surface area contributed by atoms with Crippen molar-refractivity contribution in [3.63, 3.8) is 0 Å². The summed E-state index contributed by atoms with van der Waals surface area (Å²) in [5.74, 6) is -0.0296. The van der Waals surface area contributed by atoms with E-state index in [1.807, 2.05) is 18.2 Å². The maximum absolute atomic E-state index is 11.3. The third-order valence-corrected chi connectivity index (χ3v) is 3.93. The summed E-state index contributed by atoms with van der Waals surface area (Å²) in [7, 11) is 0. The Kier molecular flexibility index (Phi) is 2.10. The number of benzene rings is 1. The van der Waals surface area contributed by atoms with Gasteiger partial charge in [-0.3, -0.25) is 4.79 Å². The number of carboxylic acids is 1. The van der Waals surface area contributed by atoms with Crippen LogP contribution in [-0.2, 0) is 4.79 Å². The van der Waals surface area contributed by atoms with Crippen LogP contribution in [-0.4, -0.2) is 11.1 Å². The van der Waals surface area contributed by atoms with Crippen LogP contribution < -0.4 is 0 Å². The predicted molar refractivity (Wildman–Crippen MR) is 61.0 cm³/mol. The van der Waals surface area contributed by atoms with Gasteiger partial charge in [-0.15, -0.1) is 0 Å². The molecule has 0 radical (unpaired) electrons. The quantitative estimate of drug-likeness (QED) is 0.768. The van der Waals surface area contributed by atoms with Crippen molar-refractivity contribution in [2.75, 3.05) is 0 Å². The molecule has 0 saturated heterocycles. The minimum atomic E-state index is -0.647. The monoisotopic (exact) mass is 214 g/mol. The van der Waals surface area contributed by atoms with Crippen LogP contribution in [0.5, 0.6) is 0 Å². The van der Waals surface area contributed by atoms with E-state index in [1.165, 1.54) is 5.56 Å². The van der Waals surface area contributed by atoms with Crippen molar-refractivity contribution in [3.8, 4) is 0 Å². The zero-order valence-corrected chi connectivity index (χ0v) is 8.91. The van der Waals surface area contributed by atoms with Crippen LogP contribution in [0.2, 0.25) is 0 Å². The summed E-state index contributed by atoms with van der Waals surface area (Å²) in [5, 5.41) is 9.33. The van der Waals surface area contributed by atoms with E-state index < -0.39 is 5.97 Å². The SMILES string of the molecule is O=C(O)[C@H]1[C@H](c2ccccc2)[C@@H]2C=C[C@H]1C2. The van der Waals surface area contributed by atoms with Crippen LogP contribution in [0, 0.1) is 17.8 Å². The molecule has 1 saturated carbocycles. The summed E-state index contributed by atoms with van der Waals surface area (Å²) in [4.78, 5) is 11.3. The van der Waals surface area contributed by atoms with Gasteiger partial charge in [0.25, 0.3) is 0 Å². The molecule has 0 amide bonds. The summed E-state index contributed by atoms with van der Waals surface area (Å²) in [6.45, 7) is 0. The molecular formula is C14H14O2. The molecule has 2 heteroatoms. The lowest BCUT2D eigenvalue weighted by Crippen LogP contribution is -2.25. The number of aliphatic carboxylic acids is 1. The molecule has 0 heterocycles. The van der Waals surface area contributed by atoms with E-state index in [0.29, 0.717) is 5.92 Å². The minimum absolute atomic E-state index is 0.175. The topological polar surface area (TPSA) is 37.3 Å². The second kappa shape index (κ2) is 3.48. The predicted octanol–water partition coefficient (Wildman–Crippen LogP) is 2.68. The standard InChI is InChI=1S/C14H14O2/c15-14(16)13-11-7-6-10(8-11)12(13)9-4-2-1-3-5-9/h1-7,10-13H,8H2,(H,15,16)/t10-,11+,12-,13-/m1/s1. The van der Waals surface area contributed by atoms with Gasteiger partial charge in [-0.1, -0.05) is 42.5 Å². The van der Waals surface area contributed by atoms with Gasteiger partial charge in [0.05, 0.1) is 5.92 Å². The lowest BCUT2D eigenvalue weighted by Gasteiger charge is -2.25. The van der Waals surface area contributed by atoms with Gasteiger partial charge in [0.15, 0.2) is 0 Å². The summed E-state index contributed by atoms with van der Waals surface area (Å²) in [5.41, 5.74) is 1.17. The zero-order chi connectivity index (χ0) is 11.1. The molecule has 0 spiro atoms. The summed E-state index contributed by atoms with van der Waals surface area (Å²) in [6, 6.07) is 10.1. The Balaban J connectivity index is 2.00. The molecule has 2 bridgehead atoms. The molecule has 16 heavy (non-hydrogen) atoms. The van der Waals surface area contributed by atoms with Crippen molar-refractivity contribution in [1.29, 1.82) is 0 Å². The average molecular weight is 214 g/mol. The highest BCUT2D eigenvalue weighted by Crippen LogP contribution is 2.52. The molecule has 2 aliphatic rings. The summed E-state index contributed by atoms with van der Waals surface area (Å²) >= 11 is 0. The van der Waals surface area contributed by atoms with Crippen LogP contribution in [0.4, 0.5) is 0 Å². The first-order chi connectivity index (χ1) is 7.77. The smallest absolute Gasteiger partial charge is 0.307 e. The fourth-order valence-corrected chi connectivity index (χ4v) is 3.29. The number of fused-ring (bicyclic) bond motifs is 2. The first-order valence-corrected chi connectivity index (χ1v) is 5.73. The third-order valence-electron chi connectivity index (χ3n) is 3.93. The molecule has 0 aliphatic heterocycles. The van der Waals surface area contributed by atoms with Gasteiger partial charge in [0.2, 0.25) is 0 Å². The van der Waals surface area contributed by atoms with Crippen molar-refractivity contribution < 1.29 is 9.90 Å². The van der Waals surface area contributed by atoms with E-state index in [1.54, 1.807) is 0 Å². The Morgan fingerprint density at radius 2 is 1.81 bits per heavy atom. The number of hydrogen-bond donors (Lipinski definition) is 1. The minimum Gasteiger partial charge on any atom is -0.481 e. The van der Waals surface area contributed by atoms with Crippen molar-refractivity contribution in [1.82, 2.24) is 0 Å². The molecule has 0 unspecified atom stereocenters. The Morgan fingerprint density at radius 3 is 2.50 bits per heavy atom. The third kappa shape index (κ3) is 1.29. The summed E-state index contributed by atoms with van der Waals surface area (Å²) < 4.78 is 0. The van der Waals surface area contributed by atoms with E-state index >= 15 is 0 Å². The van der Waals surface area contributed by atoms with Crippen molar-refractivity contribution >= 4 is 5.97 Å². The Labute approximate surface area is 94.6 Å². The van der Waals surface area contributed by atoms with Crippen LogP contribution in [0.25, 0.3) is 0 Å². The van der Waals surface area contributed by atoms with E-state index in [4.69, 9.17) is 0 Å². The molecule has 1 aromatic rings. The molecular weight excluding hydrogens is 200 g/mol. The zero-order valence-electron chi connectivity index (χ0n) is 8.91. The summed E-state index contributed by atoms with van der Waals surface area (Å²) in [6.07, 6.45) is 5.29. The molecule has 2 aliphatic carbocycles. The number of rotatable bonds is 2. The van der Waals surface area contributed by atoms with Crippen molar-refractivity contribution in [2.45, 2.75) is 12.3 Å². The fourth-order valence-electron chi connectivity index (χ4n) is 3.29. The van der Waals surface area contributed by atoms with Crippen molar-refractivity contribution in [3.05, 3.63) is 48.0 Å². The van der Waals surface area contributed by atoms with Gasteiger partial charge in [-0.2, -0.15) is 0 Å². The Hall–Kier alpha value is -1.57. The Morgan fingerprint density at radius 1 is 1.12 bits per heavy atom. The maximum Gasteiger partial charge on any atom is 0.307 e. The average Bonchev–Trinajstić information content (AvgIpc) is 2.89. The molecule has 82 valence electrons. The van der Waals surface area contributed by atoms with Crippen LogP contribution in [0.15, 0.2) is 42.5 Å². The van der Waals surface area contributed by atoms with Gasteiger partial charge in [0.1, 0.15) is 0 Å². The number of carboxylic acid groups (broad SMARTS) is 1. The molecule has 0 aromatic heterocycles. The molecule has 1 fully saturated rings. The normalized spacial score (nSPS) is 35.5. The second-order valence-corrected chi connectivity index (χ2v) is 4.75. The van der Waals surface area contributed by atoms with E-state index in [9.17, 15) is 9.90 Å². The van der Waals surface area contributed by atoms with Crippen LogP contribution in [0.3, 0.4) is 0 Å². The van der Waals surface area contributed by atoms with Gasteiger partial charge in [0, 0.05) is 5.92 Å². The van der Waals surface area contributed by atoms with Gasteiger partial charge in [-0.25, -0.2) is 0 Å². The van der Waals surface area contributed by atoms with Gasteiger partial charge in [-0.05, 0) is 23.8 Å². The van der Waals surface area contributed by atoms with E-state index in [-0.39, 0.29) is 17.8 Å². The highest BCUT2D eigenvalue weighted by atomic mass is 16.4. The lowest BCUT2D eigenvalue weighted by atomic mass is 9.78. The molecule has 3 rings (SSSR count). The largest absolute Gasteiger partial charge is 0.481 e. The number of hydrogen-bond acceptors (Lipinski definition) is 1. The molecule has 1 aromatic carbocycles. The first-order valence-electron chi connectivity index (χ1n) is 5.73. The van der Waals surface area contributed by atoms with Gasteiger partial charge >= 0.3 is 5.97 Å². The Bertz CT molecular complexity index is 435. The van der Waals surface area contributed by atoms with Crippen LogP contribution in [0.1, 0.15) is 17.9 Å². The maximum atomic E-state index is 11.3. The molecule has 2 nitrogen and oxygen atoms in total. The van der Waals surface area contributed by atoms with Crippen molar-refractivity contribution in [2.24, 2.45) is 17.8 Å². The van der Waals surface area contributed by atoms with E-state index in [0.717, 1.165) is 6.42 Å². The molecule has 1 N–H and O–H groups in total. The highest BCUT2D eigenvalue weighted by molar-refractivity contribution is 5.73. The highest BCUT2D eigenvalue weighted by Gasteiger charge is 2.48. The number of carbonyl (C=O) groups is 1. The first kappa shape index (κ1) is 9.64. The molecule has 4 atom stereocenters. The second-order valence-electron chi connectivity index (χ2n) is 4.75. The van der Waals surface area contributed by atoms with Gasteiger partial charge < -0.3 is 5.11 Å². The lowest BCUT2D eigenvalue weighted by molar-refractivity contribution is -0.143. The van der Waals surface area contributed by atoms with Crippen LogP contribution >= 0.6 is 0 Å². The van der Waals surface area contributed by atoms with E-state index in [2.05, 4.69) is 24.3 Å². The number of allylic oxidation sites excluding steroid dienone is 2. The fraction of sp³-hybridized carbons (Fsp3) is 0.357.